The summed E-state index contributed by atoms with van der Waals surface area (Å²) in [4.78, 5) is 9.93. The number of imidazole rings is 1. The van der Waals surface area contributed by atoms with Gasteiger partial charge in [-0.05, 0) is 37.8 Å². The van der Waals surface area contributed by atoms with E-state index in [2.05, 4.69) is 96.4 Å². The van der Waals surface area contributed by atoms with Crippen molar-refractivity contribution < 1.29 is 0 Å². The van der Waals surface area contributed by atoms with E-state index < -0.39 is 0 Å². The lowest BCUT2D eigenvalue weighted by molar-refractivity contribution is 0.253. The molecule has 1 aliphatic rings. The molecule has 0 aliphatic heterocycles. The number of rotatable bonds is 4. The number of hydrogen-bond donors (Lipinski definition) is 1. The predicted molar refractivity (Wildman–Crippen MR) is 134 cm³/mol. The fraction of sp³-hybridized carbons (Fsp3) is 0.172. The molecule has 0 bridgehead atoms. The summed E-state index contributed by atoms with van der Waals surface area (Å²) >= 11 is 0. The van der Waals surface area contributed by atoms with Gasteiger partial charge in [-0.1, -0.05) is 84.4 Å². The van der Waals surface area contributed by atoms with Gasteiger partial charge in [0.2, 0.25) is 5.78 Å². The Bertz CT molecular complexity index is 1430. The first-order valence-corrected chi connectivity index (χ1v) is 11.5. The molecule has 3 aromatic carbocycles. The van der Waals surface area contributed by atoms with Crippen molar-refractivity contribution in [1.29, 1.82) is 0 Å². The van der Waals surface area contributed by atoms with Crippen LogP contribution in [0.15, 0.2) is 91.1 Å². The average Bonchev–Trinajstić information content (AvgIpc) is 3.22. The molecule has 33 heavy (non-hydrogen) atoms. The molecule has 0 saturated heterocycles. The molecular weight excluding hydrogens is 404 g/mol. The summed E-state index contributed by atoms with van der Waals surface area (Å²) in [7, 11) is 0. The van der Waals surface area contributed by atoms with Crippen LogP contribution >= 0.6 is 0 Å². The maximum atomic E-state index is 6.55. The second-order valence-corrected chi connectivity index (χ2v) is 9.11. The van der Waals surface area contributed by atoms with Gasteiger partial charge in [0.1, 0.15) is 0 Å². The second-order valence-electron chi connectivity index (χ2n) is 9.11. The van der Waals surface area contributed by atoms with Gasteiger partial charge >= 0.3 is 0 Å². The Morgan fingerprint density at radius 3 is 2.12 bits per heavy atom. The van der Waals surface area contributed by atoms with Gasteiger partial charge in [0.05, 0.1) is 17.1 Å². The van der Waals surface area contributed by atoms with Crippen LogP contribution in [0.3, 0.4) is 0 Å². The molecule has 2 aromatic heterocycles. The van der Waals surface area contributed by atoms with E-state index in [1.54, 1.807) is 0 Å². The molecule has 0 unspecified atom stereocenters. The maximum absolute atomic E-state index is 6.55. The van der Waals surface area contributed by atoms with Crippen molar-refractivity contribution in [2.45, 2.75) is 31.7 Å². The van der Waals surface area contributed by atoms with E-state index in [1.165, 1.54) is 17.5 Å². The monoisotopic (exact) mass is 430 g/mol. The van der Waals surface area contributed by atoms with Crippen LogP contribution < -0.4 is 5.73 Å². The minimum absolute atomic E-state index is 0.163. The van der Waals surface area contributed by atoms with Gasteiger partial charge in [-0.3, -0.25) is 4.40 Å². The van der Waals surface area contributed by atoms with Crippen LogP contribution in [0.1, 0.15) is 30.4 Å². The number of fused-ring (bicyclic) bond motifs is 1. The zero-order valence-corrected chi connectivity index (χ0v) is 18.7. The summed E-state index contributed by atoms with van der Waals surface area (Å²) in [5.74, 6) is 0.695. The average molecular weight is 431 g/mol. The van der Waals surface area contributed by atoms with Crippen LogP contribution in [0.5, 0.6) is 0 Å². The van der Waals surface area contributed by atoms with Crippen molar-refractivity contribution in [1.82, 2.24) is 14.4 Å². The van der Waals surface area contributed by atoms with Crippen molar-refractivity contribution in [3.05, 3.63) is 102 Å². The van der Waals surface area contributed by atoms with Crippen LogP contribution in [0, 0.1) is 6.92 Å². The molecular formula is C29H26N4. The number of nitrogens with two attached hydrogens (primary N) is 1. The molecule has 0 atom stereocenters. The predicted octanol–water partition coefficient (Wildman–Crippen LogP) is 6.38. The van der Waals surface area contributed by atoms with Gasteiger partial charge in [0.25, 0.3) is 0 Å². The highest BCUT2D eigenvalue weighted by molar-refractivity contribution is 5.82. The Kier molecular flexibility index (Phi) is 4.63. The highest BCUT2D eigenvalue weighted by atomic mass is 15.1. The van der Waals surface area contributed by atoms with E-state index in [1.807, 2.05) is 6.07 Å². The van der Waals surface area contributed by atoms with Gasteiger partial charge in [-0.15, -0.1) is 0 Å². The van der Waals surface area contributed by atoms with E-state index >= 15 is 0 Å². The summed E-state index contributed by atoms with van der Waals surface area (Å²) in [5.41, 5.74) is 15.0. The Morgan fingerprint density at radius 2 is 1.45 bits per heavy atom. The van der Waals surface area contributed by atoms with Gasteiger partial charge in [-0.2, -0.15) is 0 Å². The Hall–Kier alpha value is -3.76. The van der Waals surface area contributed by atoms with Gasteiger partial charge in [0.15, 0.2) is 0 Å². The van der Waals surface area contributed by atoms with Gasteiger partial charge in [0, 0.05) is 28.4 Å². The molecule has 0 radical (unpaired) electrons. The first-order chi connectivity index (χ1) is 16.1. The van der Waals surface area contributed by atoms with Crippen LogP contribution in [0.2, 0.25) is 0 Å². The van der Waals surface area contributed by atoms with Crippen molar-refractivity contribution in [3.8, 4) is 33.8 Å². The summed E-state index contributed by atoms with van der Waals surface area (Å²) < 4.78 is 2.09. The number of aryl methyl sites for hydroxylation is 1. The molecule has 1 aliphatic carbocycles. The Labute approximate surface area is 193 Å². The molecule has 1 fully saturated rings. The van der Waals surface area contributed by atoms with E-state index in [-0.39, 0.29) is 5.54 Å². The summed E-state index contributed by atoms with van der Waals surface area (Å²) in [5, 5.41) is 0. The zero-order valence-electron chi connectivity index (χ0n) is 18.7. The standard InChI is InChI=1S/C29H26N4/c1-20-8-10-21(11-9-20)25-16-19-33-27(23-6-3-2-4-7-23)26(32-28(33)31-25)22-12-14-24(15-13-22)29(30)17-5-18-29/h2-4,6-16,19H,5,17-18,30H2,1H3. The third kappa shape index (κ3) is 3.43. The second kappa shape index (κ2) is 7.68. The molecule has 4 nitrogen and oxygen atoms in total. The number of aromatic nitrogens is 3. The lowest BCUT2D eigenvalue weighted by Gasteiger charge is -2.38. The SMILES string of the molecule is Cc1ccc(-c2ccn3c(-c4ccccc4)c(-c4ccc(C5(N)CCC5)cc4)nc3n2)cc1. The third-order valence-electron chi connectivity index (χ3n) is 6.87. The summed E-state index contributed by atoms with van der Waals surface area (Å²) in [6.07, 6.45) is 5.40. The first kappa shape index (κ1) is 19.9. The Balaban J connectivity index is 1.50. The highest BCUT2D eigenvalue weighted by Crippen LogP contribution is 2.40. The van der Waals surface area contributed by atoms with Crippen molar-refractivity contribution in [2.24, 2.45) is 5.73 Å². The van der Waals surface area contributed by atoms with E-state index in [0.717, 1.165) is 46.6 Å². The van der Waals surface area contributed by atoms with E-state index in [0.29, 0.717) is 5.78 Å². The zero-order chi connectivity index (χ0) is 22.4. The number of benzene rings is 3. The van der Waals surface area contributed by atoms with E-state index in [4.69, 9.17) is 15.7 Å². The summed E-state index contributed by atoms with van der Waals surface area (Å²) in [6.45, 7) is 2.09. The van der Waals surface area contributed by atoms with Crippen LogP contribution in [-0.4, -0.2) is 14.4 Å². The molecule has 162 valence electrons. The Morgan fingerprint density at radius 1 is 0.758 bits per heavy atom. The molecule has 4 heteroatoms. The topological polar surface area (TPSA) is 56.2 Å². The van der Waals surface area contributed by atoms with Crippen LogP contribution in [0.4, 0.5) is 0 Å². The molecule has 6 rings (SSSR count). The largest absolute Gasteiger partial charge is 0.321 e. The third-order valence-corrected chi connectivity index (χ3v) is 6.87. The van der Waals surface area contributed by atoms with Gasteiger partial charge < -0.3 is 5.73 Å². The lowest BCUT2D eigenvalue weighted by atomic mass is 9.72. The number of nitrogens with zero attached hydrogens (tertiary/aromatic N) is 3. The molecule has 0 amide bonds. The van der Waals surface area contributed by atoms with Crippen molar-refractivity contribution in [2.75, 3.05) is 0 Å². The van der Waals surface area contributed by atoms with E-state index in [9.17, 15) is 0 Å². The van der Waals surface area contributed by atoms with Crippen molar-refractivity contribution in [3.63, 3.8) is 0 Å². The molecule has 2 N–H and O–H groups in total. The molecule has 0 spiro atoms. The minimum Gasteiger partial charge on any atom is -0.321 e. The minimum atomic E-state index is -0.163. The fourth-order valence-corrected chi connectivity index (χ4v) is 4.70. The number of hydrogen-bond acceptors (Lipinski definition) is 3. The lowest BCUT2D eigenvalue weighted by Crippen LogP contribution is -2.43. The normalized spacial score (nSPS) is 14.8. The molecule has 1 saturated carbocycles. The van der Waals surface area contributed by atoms with Crippen LogP contribution in [-0.2, 0) is 5.54 Å². The van der Waals surface area contributed by atoms with Gasteiger partial charge in [-0.25, -0.2) is 9.97 Å². The van der Waals surface area contributed by atoms with Crippen molar-refractivity contribution >= 4 is 5.78 Å². The quantitative estimate of drug-likeness (QED) is 0.360. The van der Waals surface area contributed by atoms with Crippen LogP contribution in [0.25, 0.3) is 39.5 Å². The maximum Gasteiger partial charge on any atom is 0.235 e. The first-order valence-electron chi connectivity index (χ1n) is 11.5. The smallest absolute Gasteiger partial charge is 0.235 e. The highest BCUT2D eigenvalue weighted by Gasteiger charge is 2.34. The summed E-state index contributed by atoms with van der Waals surface area (Å²) in [6, 6.07) is 29.5. The molecule has 2 heterocycles. The fourth-order valence-electron chi connectivity index (χ4n) is 4.70. The molecule has 5 aromatic rings.